The monoisotopic (exact) mass is 328 g/mol. The molecule has 0 unspecified atom stereocenters. The number of imide groups is 1. The molecule has 2 heterocycles. The zero-order valence-electron chi connectivity index (χ0n) is 12.9. The first kappa shape index (κ1) is 15.6. The Balaban J connectivity index is 1.84. The van der Waals surface area contributed by atoms with Gasteiger partial charge >= 0.3 is 0 Å². The van der Waals surface area contributed by atoms with E-state index in [9.17, 15) is 14.4 Å². The highest BCUT2D eigenvalue weighted by molar-refractivity contribution is 7.16. The van der Waals surface area contributed by atoms with Crippen LogP contribution in [0.4, 0.5) is 5.13 Å². The second-order valence-electron chi connectivity index (χ2n) is 5.62. The Hall–Kier alpha value is -2.34. The molecule has 3 rings (SSSR count). The Morgan fingerprint density at radius 2 is 2.00 bits per heavy atom. The van der Waals surface area contributed by atoms with Gasteiger partial charge in [-0.3, -0.25) is 14.4 Å². The second-order valence-corrected chi connectivity index (χ2v) is 6.80. The third kappa shape index (κ3) is 2.94. The molecule has 0 aliphatic carbocycles. The van der Waals surface area contributed by atoms with Gasteiger partial charge < -0.3 is 0 Å². The van der Waals surface area contributed by atoms with Crippen molar-refractivity contribution in [2.24, 2.45) is 5.92 Å². The van der Waals surface area contributed by atoms with Crippen molar-refractivity contribution in [2.45, 2.75) is 26.7 Å². The standard InChI is InChI=1S/C17H16N2O3S/c1-10(20)15-11(2)23-17(18-15)19-14(21)9-13(16(19)22)8-12-6-4-3-5-7-12/h3-7,13H,8-9H2,1-2H3/t13-/m0/s1. The minimum absolute atomic E-state index is 0.162. The van der Waals surface area contributed by atoms with Gasteiger partial charge in [0.05, 0.1) is 5.92 Å². The van der Waals surface area contributed by atoms with Gasteiger partial charge in [-0.25, -0.2) is 9.88 Å². The van der Waals surface area contributed by atoms with Gasteiger partial charge in [-0.1, -0.05) is 30.3 Å². The number of hydrogen-bond acceptors (Lipinski definition) is 5. The highest BCUT2D eigenvalue weighted by Gasteiger charge is 2.41. The Kier molecular flexibility index (Phi) is 4.09. The molecule has 1 atom stereocenters. The molecule has 0 bridgehead atoms. The predicted molar refractivity (Wildman–Crippen MR) is 87.6 cm³/mol. The minimum Gasteiger partial charge on any atom is -0.293 e. The van der Waals surface area contributed by atoms with Crippen molar-refractivity contribution in [3.8, 4) is 0 Å². The third-order valence-electron chi connectivity index (χ3n) is 3.88. The number of aryl methyl sites for hydroxylation is 1. The van der Waals surface area contributed by atoms with Gasteiger partial charge in [-0.05, 0) is 18.9 Å². The summed E-state index contributed by atoms with van der Waals surface area (Å²) < 4.78 is 0. The number of carbonyl (C=O) groups is 3. The van der Waals surface area contributed by atoms with E-state index >= 15 is 0 Å². The quantitative estimate of drug-likeness (QED) is 0.639. The summed E-state index contributed by atoms with van der Waals surface area (Å²) in [5.74, 6) is -1.01. The Labute approximate surface area is 138 Å². The van der Waals surface area contributed by atoms with Crippen molar-refractivity contribution in [1.29, 1.82) is 0 Å². The number of anilines is 1. The maximum absolute atomic E-state index is 12.6. The summed E-state index contributed by atoms with van der Waals surface area (Å²) in [5.41, 5.74) is 1.36. The highest BCUT2D eigenvalue weighted by Crippen LogP contribution is 2.33. The van der Waals surface area contributed by atoms with E-state index in [-0.39, 0.29) is 29.9 Å². The highest BCUT2D eigenvalue weighted by atomic mass is 32.1. The summed E-state index contributed by atoms with van der Waals surface area (Å²) in [6.45, 7) is 3.20. The van der Waals surface area contributed by atoms with Gasteiger partial charge in [0, 0.05) is 18.2 Å². The molecule has 6 heteroatoms. The number of amides is 2. The second kappa shape index (κ2) is 6.04. The molecule has 0 spiro atoms. The first-order chi connectivity index (χ1) is 11.0. The first-order valence-corrected chi connectivity index (χ1v) is 8.18. The molecule has 0 N–H and O–H groups in total. The van der Waals surface area contributed by atoms with E-state index < -0.39 is 0 Å². The number of Topliss-reactive ketones (excluding diaryl/α,β-unsaturated/α-hetero) is 1. The maximum Gasteiger partial charge on any atom is 0.239 e. The molecule has 23 heavy (non-hydrogen) atoms. The Morgan fingerprint density at radius 3 is 2.61 bits per heavy atom. The molecule has 1 saturated heterocycles. The van der Waals surface area contributed by atoms with Crippen LogP contribution in [0.5, 0.6) is 0 Å². The van der Waals surface area contributed by atoms with E-state index in [1.54, 1.807) is 6.92 Å². The molecule has 1 fully saturated rings. The summed E-state index contributed by atoms with van der Waals surface area (Å²) in [5, 5.41) is 0.304. The predicted octanol–water partition coefficient (Wildman–Crippen LogP) is 2.78. The van der Waals surface area contributed by atoms with E-state index in [2.05, 4.69) is 4.98 Å². The van der Waals surface area contributed by atoms with Crippen LogP contribution in [0.3, 0.4) is 0 Å². The largest absolute Gasteiger partial charge is 0.293 e. The van der Waals surface area contributed by atoms with Crippen molar-refractivity contribution in [3.05, 3.63) is 46.5 Å². The number of thiazole rings is 1. The number of carbonyl (C=O) groups excluding carboxylic acids is 3. The number of rotatable bonds is 4. The molecule has 118 valence electrons. The molecule has 2 amide bonds. The molecule has 1 aromatic carbocycles. The summed E-state index contributed by atoms with van der Waals surface area (Å²) in [7, 11) is 0. The topological polar surface area (TPSA) is 67.3 Å². The van der Waals surface area contributed by atoms with Gasteiger partial charge in [-0.15, -0.1) is 11.3 Å². The Morgan fingerprint density at radius 1 is 1.30 bits per heavy atom. The van der Waals surface area contributed by atoms with Crippen LogP contribution in [0.1, 0.15) is 34.3 Å². The number of benzene rings is 1. The normalized spacial score (nSPS) is 17.8. The van der Waals surface area contributed by atoms with E-state index in [1.807, 2.05) is 30.3 Å². The number of hydrogen-bond donors (Lipinski definition) is 0. The van der Waals surface area contributed by atoms with E-state index in [1.165, 1.54) is 18.3 Å². The van der Waals surface area contributed by atoms with Crippen molar-refractivity contribution >= 4 is 34.1 Å². The van der Waals surface area contributed by atoms with Crippen LogP contribution in [-0.4, -0.2) is 22.6 Å². The lowest BCUT2D eigenvalue weighted by atomic mass is 9.98. The van der Waals surface area contributed by atoms with Crippen LogP contribution in [0, 0.1) is 12.8 Å². The first-order valence-electron chi connectivity index (χ1n) is 7.36. The minimum atomic E-state index is -0.366. The van der Waals surface area contributed by atoms with E-state index in [4.69, 9.17) is 0 Å². The summed E-state index contributed by atoms with van der Waals surface area (Å²) in [6, 6.07) is 9.64. The molecule has 0 radical (unpaired) electrons. The smallest absolute Gasteiger partial charge is 0.239 e. The van der Waals surface area contributed by atoms with Crippen LogP contribution in [0.25, 0.3) is 0 Å². The van der Waals surface area contributed by atoms with E-state index in [0.717, 1.165) is 15.3 Å². The van der Waals surface area contributed by atoms with Crippen LogP contribution in [0.15, 0.2) is 30.3 Å². The zero-order valence-corrected chi connectivity index (χ0v) is 13.7. The fraction of sp³-hybridized carbons (Fsp3) is 0.294. The molecule has 1 aliphatic rings. The fourth-order valence-corrected chi connectivity index (χ4v) is 3.74. The molecule has 2 aromatic rings. The molecule has 1 aliphatic heterocycles. The fourth-order valence-electron chi connectivity index (χ4n) is 2.76. The lowest BCUT2D eigenvalue weighted by Crippen LogP contribution is -2.30. The lowest BCUT2D eigenvalue weighted by molar-refractivity contribution is -0.122. The summed E-state index contributed by atoms with van der Waals surface area (Å²) in [4.78, 5) is 42.4. The van der Waals surface area contributed by atoms with E-state index in [0.29, 0.717) is 17.2 Å². The number of aromatic nitrogens is 1. The van der Waals surface area contributed by atoms with Gasteiger partial charge in [-0.2, -0.15) is 0 Å². The van der Waals surface area contributed by atoms with Gasteiger partial charge in [0.2, 0.25) is 11.8 Å². The van der Waals surface area contributed by atoms with Crippen molar-refractivity contribution in [1.82, 2.24) is 4.98 Å². The molecular weight excluding hydrogens is 312 g/mol. The van der Waals surface area contributed by atoms with Crippen LogP contribution in [0.2, 0.25) is 0 Å². The van der Waals surface area contributed by atoms with Gasteiger partial charge in [0.25, 0.3) is 0 Å². The SMILES string of the molecule is CC(=O)c1nc(N2C(=O)C[C@H](Cc3ccccc3)C2=O)sc1C. The number of nitrogens with zero attached hydrogens (tertiary/aromatic N) is 2. The average Bonchev–Trinajstić information content (AvgIpc) is 3.01. The van der Waals surface area contributed by atoms with Gasteiger partial charge in [0.1, 0.15) is 5.69 Å². The average molecular weight is 328 g/mol. The molecule has 5 nitrogen and oxygen atoms in total. The third-order valence-corrected chi connectivity index (χ3v) is 4.83. The molecule has 1 aromatic heterocycles. The van der Waals surface area contributed by atoms with Crippen LogP contribution in [-0.2, 0) is 16.0 Å². The van der Waals surface area contributed by atoms with Crippen molar-refractivity contribution in [2.75, 3.05) is 4.90 Å². The summed E-state index contributed by atoms with van der Waals surface area (Å²) >= 11 is 1.21. The lowest BCUT2D eigenvalue weighted by Gasteiger charge is -2.11. The van der Waals surface area contributed by atoms with Crippen LogP contribution < -0.4 is 4.90 Å². The van der Waals surface area contributed by atoms with Crippen molar-refractivity contribution in [3.63, 3.8) is 0 Å². The number of ketones is 1. The molecule has 0 saturated carbocycles. The Bertz CT molecular complexity index is 782. The van der Waals surface area contributed by atoms with Crippen LogP contribution >= 0.6 is 11.3 Å². The van der Waals surface area contributed by atoms with Gasteiger partial charge in [0.15, 0.2) is 10.9 Å². The zero-order chi connectivity index (χ0) is 16.6. The van der Waals surface area contributed by atoms with Crippen molar-refractivity contribution < 1.29 is 14.4 Å². The molecular formula is C17H16N2O3S. The summed E-state index contributed by atoms with van der Waals surface area (Å²) in [6.07, 6.45) is 0.716. The maximum atomic E-state index is 12.6.